The first-order chi connectivity index (χ1) is 12.5. The highest BCUT2D eigenvalue weighted by Gasteiger charge is 2.15. The highest BCUT2D eigenvalue weighted by atomic mass is 35.5. The van der Waals surface area contributed by atoms with Crippen LogP contribution in [0.1, 0.15) is 29.3 Å². The fourth-order valence-electron chi connectivity index (χ4n) is 2.52. The van der Waals surface area contributed by atoms with Crippen LogP contribution < -0.4 is 15.7 Å². The Labute approximate surface area is 155 Å². The Balaban J connectivity index is 1.90. The van der Waals surface area contributed by atoms with Crippen molar-refractivity contribution in [3.63, 3.8) is 0 Å². The van der Waals surface area contributed by atoms with Gasteiger partial charge < -0.3 is 14.5 Å². The molecule has 134 valence electrons. The highest BCUT2D eigenvalue weighted by Crippen LogP contribution is 2.22. The SMILES string of the molecule is CCCOc1ccc2cc(C(=O)Nc3ccc(Cl)cc3C)c(=O)oc2c1. The molecule has 0 aliphatic heterocycles. The number of aryl methyl sites for hydroxylation is 1. The monoisotopic (exact) mass is 371 g/mol. The van der Waals surface area contributed by atoms with E-state index in [1.165, 1.54) is 6.07 Å². The first-order valence-electron chi connectivity index (χ1n) is 8.26. The van der Waals surface area contributed by atoms with E-state index in [4.69, 9.17) is 20.8 Å². The zero-order valence-electron chi connectivity index (χ0n) is 14.5. The molecule has 1 N–H and O–H groups in total. The van der Waals surface area contributed by atoms with Crippen LogP contribution in [0, 0.1) is 6.92 Å². The van der Waals surface area contributed by atoms with Gasteiger partial charge in [0.25, 0.3) is 5.91 Å². The van der Waals surface area contributed by atoms with Gasteiger partial charge in [-0.1, -0.05) is 18.5 Å². The molecule has 1 heterocycles. The van der Waals surface area contributed by atoms with E-state index in [0.717, 1.165) is 12.0 Å². The molecule has 0 unspecified atom stereocenters. The lowest BCUT2D eigenvalue weighted by atomic mass is 10.1. The lowest BCUT2D eigenvalue weighted by Gasteiger charge is -2.09. The van der Waals surface area contributed by atoms with Crippen molar-refractivity contribution >= 4 is 34.2 Å². The maximum atomic E-state index is 12.5. The second-order valence-electron chi connectivity index (χ2n) is 5.91. The topological polar surface area (TPSA) is 68.5 Å². The lowest BCUT2D eigenvalue weighted by molar-refractivity contribution is 0.102. The van der Waals surface area contributed by atoms with Crippen LogP contribution in [0.15, 0.2) is 51.7 Å². The molecule has 5 nitrogen and oxygen atoms in total. The predicted molar refractivity (Wildman–Crippen MR) is 102 cm³/mol. The zero-order chi connectivity index (χ0) is 18.7. The standard InChI is InChI=1S/C20H18ClNO4/c1-3-8-25-15-6-4-13-10-16(20(24)26-18(13)11-15)19(23)22-17-7-5-14(21)9-12(17)2/h4-7,9-11H,3,8H2,1-2H3,(H,22,23). The fourth-order valence-corrected chi connectivity index (χ4v) is 2.74. The Kier molecular flexibility index (Phi) is 5.28. The van der Waals surface area contributed by atoms with Gasteiger partial charge in [0.1, 0.15) is 16.9 Å². The Morgan fingerprint density at radius 1 is 1.19 bits per heavy atom. The van der Waals surface area contributed by atoms with Crippen molar-refractivity contribution in [2.75, 3.05) is 11.9 Å². The molecule has 0 aliphatic carbocycles. The number of carbonyl (C=O) groups is 1. The van der Waals surface area contributed by atoms with Crippen molar-refractivity contribution in [3.05, 3.63) is 69.0 Å². The lowest BCUT2D eigenvalue weighted by Crippen LogP contribution is -2.21. The third-order valence-corrected chi connectivity index (χ3v) is 4.10. The van der Waals surface area contributed by atoms with Crippen LogP contribution in [0.5, 0.6) is 5.75 Å². The summed E-state index contributed by atoms with van der Waals surface area (Å²) in [5.74, 6) is 0.0915. The maximum Gasteiger partial charge on any atom is 0.349 e. The van der Waals surface area contributed by atoms with Gasteiger partial charge in [-0.05, 0) is 55.3 Å². The van der Waals surface area contributed by atoms with Gasteiger partial charge in [-0.2, -0.15) is 0 Å². The predicted octanol–water partition coefficient (Wildman–Crippen LogP) is 4.80. The van der Waals surface area contributed by atoms with Crippen LogP contribution in [0.25, 0.3) is 11.0 Å². The second-order valence-corrected chi connectivity index (χ2v) is 6.35. The molecule has 6 heteroatoms. The normalized spacial score (nSPS) is 10.7. The van der Waals surface area contributed by atoms with Crippen molar-refractivity contribution in [1.82, 2.24) is 0 Å². The number of anilines is 1. The van der Waals surface area contributed by atoms with Gasteiger partial charge in [0.05, 0.1) is 6.61 Å². The average molecular weight is 372 g/mol. The number of benzene rings is 2. The van der Waals surface area contributed by atoms with Crippen LogP contribution >= 0.6 is 11.6 Å². The molecule has 2 aromatic carbocycles. The van der Waals surface area contributed by atoms with Gasteiger partial charge in [-0.15, -0.1) is 0 Å². The van der Waals surface area contributed by atoms with Gasteiger partial charge in [0.2, 0.25) is 0 Å². The van der Waals surface area contributed by atoms with Crippen LogP contribution in [0.4, 0.5) is 5.69 Å². The molecule has 3 aromatic rings. The molecule has 0 saturated carbocycles. The summed E-state index contributed by atoms with van der Waals surface area (Å²) in [7, 11) is 0. The quantitative estimate of drug-likeness (QED) is 0.654. The van der Waals surface area contributed by atoms with E-state index in [9.17, 15) is 9.59 Å². The maximum absolute atomic E-state index is 12.5. The summed E-state index contributed by atoms with van der Waals surface area (Å²) in [6.07, 6.45) is 0.880. The number of carbonyl (C=O) groups excluding carboxylic acids is 1. The number of rotatable bonds is 5. The molecule has 26 heavy (non-hydrogen) atoms. The summed E-state index contributed by atoms with van der Waals surface area (Å²) >= 11 is 5.92. The molecule has 0 spiro atoms. The summed E-state index contributed by atoms with van der Waals surface area (Å²) in [5, 5.41) is 3.94. The average Bonchev–Trinajstić information content (AvgIpc) is 2.61. The number of fused-ring (bicyclic) bond motifs is 1. The summed E-state index contributed by atoms with van der Waals surface area (Å²) in [6.45, 7) is 4.41. The van der Waals surface area contributed by atoms with Gasteiger partial charge in [-0.3, -0.25) is 4.79 Å². The van der Waals surface area contributed by atoms with Crippen molar-refractivity contribution < 1.29 is 13.9 Å². The number of nitrogens with one attached hydrogen (secondary N) is 1. The van der Waals surface area contributed by atoms with E-state index in [0.29, 0.717) is 34.0 Å². The molecule has 0 fully saturated rings. The second kappa shape index (κ2) is 7.62. The van der Waals surface area contributed by atoms with Crippen molar-refractivity contribution in [2.45, 2.75) is 20.3 Å². The molecule has 1 amide bonds. The van der Waals surface area contributed by atoms with Crippen LogP contribution in [0.3, 0.4) is 0 Å². The molecule has 0 bridgehead atoms. The Morgan fingerprint density at radius 3 is 2.73 bits per heavy atom. The summed E-state index contributed by atoms with van der Waals surface area (Å²) in [6, 6.07) is 11.8. The third kappa shape index (κ3) is 3.89. The van der Waals surface area contributed by atoms with Crippen molar-refractivity contribution in [2.24, 2.45) is 0 Å². The number of halogens is 1. The van der Waals surface area contributed by atoms with Gasteiger partial charge in [-0.25, -0.2) is 4.79 Å². The summed E-state index contributed by atoms with van der Waals surface area (Å²) < 4.78 is 10.8. The number of hydrogen-bond acceptors (Lipinski definition) is 4. The van der Waals surface area contributed by atoms with Crippen molar-refractivity contribution in [3.8, 4) is 5.75 Å². The molecule has 0 atom stereocenters. The molecule has 3 rings (SSSR count). The molecular formula is C20H18ClNO4. The number of amides is 1. The number of hydrogen-bond donors (Lipinski definition) is 1. The smallest absolute Gasteiger partial charge is 0.349 e. The van der Waals surface area contributed by atoms with E-state index < -0.39 is 11.5 Å². The molecule has 0 aliphatic rings. The van der Waals surface area contributed by atoms with Gasteiger partial charge in [0.15, 0.2) is 0 Å². The van der Waals surface area contributed by atoms with Crippen LogP contribution in [-0.4, -0.2) is 12.5 Å². The molecule has 0 radical (unpaired) electrons. The van der Waals surface area contributed by atoms with E-state index >= 15 is 0 Å². The molecular weight excluding hydrogens is 354 g/mol. The van der Waals surface area contributed by atoms with E-state index in [1.54, 1.807) is 36.4 Å². The minimum atomic E-state index is -0.700. The van der Waals surface area contributed by atoms with Crippen LogP contribution in [-0.2, 0) is 0 Å². The first-order valence-corrected chi connectivity index (χ1v) is 8.64. The van der Waals surface area contributed by atoms with Gasteiger partial charge >= 0.3 is 5.63 Å². The minimum absolute atomic E-state index is 0.0610. The molecule has 1 aromatic heterocycles. The van der Waals surface area contributed by atoms with E-state index in [-0.39, 0.29) is 5.56 Å². The highest BCUT2D eigenvalue weighted by molar-refractivity contribution is 6.30. The summed E-state index contributed by atoms with van der Waals surface area (Å²) in [4.78, 5) is 24.7. The third-order valence-electron chi connectivity index (χ3n) is 3.86. The molecule has 0 saturated heterocycles. The number of ether oxygens (including phenoxy) is 1. The first kappa shape index (κ1) is 18.0. The van der Waals surface area contributed by atoms with Gasteiger partial charge in [0, 0.05) is 22.2 Å². The van der Waals surface area contributed by atoms with Crippen LogP contribution in [0.2, 0.25) is 5.02 Å². The Hall–Kier alpha value is -2.79. The summed E-state index contributed by atoms with van der Waals surface area (Å²) in [5.41, 5.74) is 1.00. The zero-order valence-corrected chi connectivity index (χ0v) is 15.2. The van der Waals surface area contributed by atoms with E-state index in [2.05, 4.69) is 5.32 Å². The largest absolute Gasteiger partial charge is 0.493 e. The van der Waals surface area contributed by atoms with Crippen molar-refractivity contribution in [1.29, 1.82) is 0 Å². The minimum Gasteiger partial charge on any atom is -0.493 e. The Bertz CT molecular complexity index is 1030. The Morgan fingerprint density at radius 2 is 2.00 bits per heavy atom. The van der Waals surface area contributed by atoms with E-state index in [1.807, 2.05) is 13.8 Å². The fraction of sp³-hybridized carbons (Fsp3) is 0.200.